The van der Waals surface area contributed by atoms with Crippen LogP contribution in [0.25, 0.3) is 0 Å². The molecule has 0 radical (unpaired) electrons. The topological polar surface area (TPSA) is 44.1 Å². The van der Waals surface area contributed by atoms with Gasteiger partial charge < -0.3 is 4.90 Å². The zero-order chi connectivity index (χ0) is 13.7. The number of amides is 1. The summed E-state index contributed by atoms with van der Waals surface area (Å²) in [4.78, 5) is 13.9. The van der Waals surface area contributed by atoms with Gasteiger partial charge in [0.1, 0.15) is 6.04 Å². The molecule has 19 heavy (non-hydrogen) atoms. The number of piperidine rings is 1. The van der Waals surface area contributed by atoms with Crippen LogP contribution in [0.1, 0.15) is 36.8 Å². The zero-order valence-electron chi connectivity index (χ0n) is 11.4. The zero-order valence-corrected chi connectivity index (χ0v) is 11.4. The number of carbonyl (C=O) groups is 1. The van der Waals surface area contributed by atoms with E-state index in [9.17, 15) is 4.79 Å². The molecule has 0 bridgehead atoms. The van der Waals surface area contributed by atoms with E-state index in [1.165, 1.54) is 11.1 Å². The van der Waals surface area contributed by atoms with Gasteiger partial charge >= 0.3 is 0 Å². The first-order valence-corrected chi connectivity index (χ1v) is 6.95. The van der Waals surface area contributed by atoms with Gasteiger partial charge in [-0.15, -0.1) is 0 Å². The molecular formula is C16H20N2O. The van der Waals surface area contributed by atoms with Crippen molar-refractivity contribution in [3.8, 4) is 6.07 Å². The van der Waals surface area contributed by atoms with Crippen LogP contribution in [0.4, 0.5) is 0 Å². The average molecular weight is 256 g/mol. The van der Waals surface area contributed by atoms with E-state index in [2.05, 4.69) is 37.3 Å². The van der Waals surface area contributed by atoms with Gasteiger partial charge in [0.05, 0.1) is 6.07 Å². The fraction of sp³-hybridized carbons (Fsp3) is 0.500. The third-order valence-corrected chi connectivity index (χ3v) is 3.72. The number of benzene rings is 1. The van der Waals surface area contributed by atoms with Gasteiger partial charge in [0, 0.05) is 13.0 Å². The molecule has 100 valence electrons. The molecule has 0 aliphatic carbocycles. The average Bonchev–Trinajstić information content (AvgIpc) is 2.46. The van der Waals surface area contributed by atoms with Crippen LogP contribution in [0.15, 0.2) is 24.3 Å². The van der Waals surface area contributed by atoms with E-state index in [1.807, 2.05) is 0 Å². The first-order valence-electron chi connectivity index (χ1n) is 6.95. The van der Waals surface area contributed by atoms with E-state index in [0.717, 1.165) is 32.2 Å². The van der Waals surface area contributed by atoms with Crippen LogP contribution in [0.3, 0.4) is 0 Å². The lowest BCUT2D eigenvalue weighted by atomic mass is 10.0. The van der Waals surface area contributed by atoms with E-state index in [1.54, 1.807) is 4.90 Å². The van der Waals surface area contributed by atoms with Crippen molar-refractivity contribution < 1.29 is 4.79 Å². The predicted octanol–water partition coefficient (Wildman–Crippen LogP) is 2.83. The van der Waals surface area contributed by atoms with Crippen molar-refractivity contribution in [2.24, 2.45) is 0 Å². The lowest BCUT2D eigenvalue weighted by Gasteiger charge is -2.31. The largest absolute Gasteiger partial charge is 0.327 e. The Morgan fingerprint density at radius 1 is 1.37 bits per heavy atom. The highest BCUT2D eigenvalue weighted by Crippen LogP contribution is 2.18. The lowest BCUT2D eigenvalue weighted by Crippen LogP contribution is -2.43. The second kappa shape index (κ2) is 6.38. The standard InChI is InChI=1S/C16H20N2O/c1-13-5-7-14(8-6-13)9-10-16(19)18-11-3-2-4-15(18)12-17/h5-8,15H,2-4,9-11H2,1H3. The monoisotopic (exact) mass is 256 g/mol. The van der Waals surface area contributed by atoms with Crippen molar-refractivity contribution in [1.29, 1.82) is 5.26 Å². The predicted molar refractivity (Wildman–Crippen MR) is 74.5 cm³/mol. The fourth-order valence-corrected chi connectivity index (χ4v) is 2.51. The Balaban J connectivity index is 1.90. The fourth-order valence-electron chi connectivity index (χ4n) is 2.51. The third kappa shape index (κ3) is 3.57. The summed E-state index contributed by atoms with van der Waals surface area (Å²) in [5, 5.41) is 9.08. The summed E-state index contributed by atoms with van der Waals surface area (Å²) in [5.74, 6) is 0.117. The van der Waals surface area contributed by atoms with Crippen molar-refractivity contribution in [1.82, 2.24) is 4.90 Å². The highest BCUT2D eigenvalue weighted by molar-refractivity contribution is 5.77. The molecule has 0 N–H and O–H groups in total. The SMILES string of the molecule is Cc1ccc(CCC(=O)N2CCCCC2C#N)cc1. The molecule has 1 aliphatic heterocycles. The van der Waals surface area contributed by atoms with Crippen LogP contribution in [0, 0.1) is 18.3 Å². The maximum absolute atomic E-state index is 12.2. The van der Waals surface area contributed by atoms with Crippen LogP contribution in [0.5, 0.6) is 0 Å². The van der Waals surface area contributed by atoms with Gasteiger partial charge in [-0.1, -0.05) is 29.8 Å². The van der Waals surface area contributed by atoms with Crippen molar-refractivity contribution >= 4 is 5.91 Å². The maximum atomic E-state index is 12.2. The Morgan fingerprint density at radius 2 is 2.11 bits per heavy atom. The van der Waals surface area contributed by atoms with Gasteiger partial charge in [0.2, 0.25) is 5.91 Å². The van der Waals surface area contributed by atoms with Crippen molar-refractivity contribution in [2.75, 3.05) is 6.54 Å². The molecule has 1 saturated heterocycles. The molecule has 3 nitrogen and oxygen atoms in total. The molecule has 1 aliphatic rings. The highest BCUT2D eigenvalue weighted by Gasteiger charge is 2.25. The Bertz CT molecular complexity index is 473. The quantitative estimate of drug-likeness (QED) is 0.834. The maximum Gasteiger partial charge on any atom is 0.223 e. The third-order valence-electron chi connectivity index (χ3n) is 3.72. The van der Waals surface area contributed by atoms with Gasteiger partial charge in [0.15, 0.2) is 0 Å². The normalized spacial score (nSPS) is 18.9. The Kier molecular flexibility index (Phi) is 4.57. The molecule has 1 atom stereocenters. The number of hydrogen-bond donors (Lipinski definition) is 0. The molecule has 1 fully saturated rings. The van der Waals surface area contributed by atoms with Crippen molar-refractivity contribution in [3.63, 3.8) is 0 Å². The van der Waals surface area contributed by atoms with E-state index >= 15 is 0 Å². The summed E-state index contributed by atoms with van der Waals surface area (Å²) in [6, 6.07) is 10.3. The molecule has 0 spiro atoms. The number of rotatable bonds is 3. The minimum atomic E-state index is -0.209. The molecule has 1 heterocycles. The van der Waals surface area contributed by atoms with Crippen LogP contribution in [-0.4, -0.2) is 23.4 Å². The molecule has 3 heteroatoms. The van der Waals surface area contributed by atoms with E-state index in [-0.39, 0.29) is 11.9 Å². The van der Waals surface area contributed by atoms with Crippen LogP contribution in [-0.2, 0) is 11.2 Å². The highest BCUT2D eigenvalue weighted by atomic mass is 16.2. The van der Waals surface area contributed by atoms with Crippen LogP contribution < -0.4 is 0 Å². The summed E-state index contributed by atoms with van der Waals surface area (Å²) >= 11 is 0. The second-order valence-electron chi connectivity index (χ2n) is 5.21. The number of carbonyl (C=O) groups excluding carboxylic acids is 1. The molecule has 1 unspecified atom stereocenters. The van der Waals surface area contributed by atoms with Gasteiger partial charge in [-0.25, -0.2) is 0 Å². The molecule has 0 aromatic heterocycles. The Hall–Kier alpha value is -1.82. The van der Waals surface area contributed by atoms with E-state index < -0.39 is 0 Å². The summed E-state index contributed by atoms with van der Waals surface area (Å²) in [7, 11) is 0. The Labute approximate surface area is 114 Å². The summed E-state index contributed by atoms with van der Waals surface area (Å²) in [5.41, 5.74) is 2.42. The number of nitrogens with zero attached hydrogens (tertiary/aromatic N) is 2. The molecule has 1 amide bonds. The van der Waals surface area contributed by atoms with Crippen LogP contribution >= 0.6 is 0 Å². The summed E-state index contributed by atoms with van der Waals surface area (Å²) in [6.45, 7) is 2.80. The van der Waals surface area contributed by atoms with E-state index in [4.69, 9.17) is 5.26 Å². The van der Waals surface area contributed by atoms with Crippen molar-refractivity contribution in [2.45, 2.75) is 45.1 Å². The lowest BCUT2D eigenvalue weighted by molar-refractivity contribution is -0.133. The molecule has 0 saturated carbocycles. The number of hydrogen-bond acceptors (Lipinski definition) is 2. The summed E-state index contributed by atoms with van der Waals surface area (Å²) in [6.07, 6.45) is 4.16. The van der Waals surface area contributed by atoms with Gasteiger partial charge in [0.25, 0.3) is 0 Å². The van der Waals surface area contributed by atoms with Gasteiger partial charge in [-0.3, -0.25) is 4.79 Å². The first-order chi connectivity index (χ1) is 9.20. The molecule has 1 aromatic carbocycles. The smallest absolute Gasteiger partial charge is 0.223 e. The second-order valence-corrected chi connectivity index (χ2v) is 5.21. The minimum absolute atomic E-state index is 0.117. The van der Waals surface area contributed by atoms with Gasteiger partial charge in [-0.05, 0) is 38.2 Å². The first kappa shape index (κ1) is 13.6. The minimum Gasteiger partial charge on any atom is -0.327 e. The molecule has 1 aromatic rings. The number of aryl methyl sites for hydroxylation is 2. The number of likely N-dealkylation sites (tertiary alicyclic amines) is 1. The van der Waals surface area contributed by atoms with Crippen molar-refractivity contribution in [3.05, 3.63) is 35.4 Å². The van der Waals surface area contributed by atoms with Gasteiger partial charge in [-0.2, -0.15) is 5.26 Å². The Morgan fingerprint density at radius 3 is 2.79 bits per heavy atom. The summed E-state index contributed by atoms with van der Waals surface area (Å²) < 4.78 is 0. The molecule has 2 rings (SSSR count). The number of nitriles is 1. The molecular weight excluding hydrogens is 236 g/mol. The van der Waals surface area contributed by atoms with Crippen LogP contribution in [0.2, 0.25) is 0 Å². The van der Waals surface area contributed by atoms with E-state index in [0.29, 0.717) is 6.42 Å².